The number of phenolic OH excluding ortho intramolecular Hbond substituents is 1. The van der Waals surface area contributed by atoms with Crippen LogP contribution in [-0.2, 0) is 0 Å². The molecule has 44 heavy (non-hydrogen) atoms. The summed E-state index contributed by atoms with van der Waals surface area (Å²) in [7, 11) is 0. The Morgan fingerprint density at radius 1 is 1.05 bits per heavy atom. The van der Waals surface area contributed by atoms with Crippen LogP contribution in [0.3, 0.4) is 0 Å². The first-order valence-corrected chi connectivity index (χ1v) is 15.7. The molecule has 1 aromatic heterocycles. The zero-order valence-electron chi connectivity index (χ0n) is 24.1. The summed E-state index contributed by atoms with van der Waals surface area (Å²) < 4.78 is 52.0. The molecular formula is C33H33ClF3N5O2. The summed E-state index contributed by atoms with van der Waals surface area (Å²) in [6.45, 7) is 3.69. The average molecular weight is 624 g/mol. The molecule has 2 N–H and O–H groups in total. The standard InChI is InChI=1S/C33H33ClF3N5O2/c34-25-12-24-30(29(37)28(25)23-11-22(43)10-18-2-1-3-26(36)27(18)23)39-32(40-31(24)42-14-20-4-5-21(15-42)38-20)44-17-33(7-8-33)16-41-9-6-19(35)13-41/h1-3,10-12,19-21,38,43H,4-9,13-17H2/t19-,20?,21?/m1/s1. The topological polar surface area (TPSA) is 73.8 Å². The summed E-state index contributed by atoms with van der Waals surface area (Å²) in [5.41, 5.74) is 0.0136. The third-order valence-corrected chi connectivity index (χ3v) is 10.1. The highest BCUT2D eigenvalue weighted by Crippen LogP contribution is 2.48. The van der Waals surface area contributed by atoms with E-state index in [1.54, 1.807) is 12.1 Å². The molecule has 4 heterocycles. The van der Waals surface area contributed by atoms with Crippen molar-refractivity contribution in [2.75, 3.05) is 44.2 Å². The van der Waals surface area contributed by atoms with Crippen LogP contribution >= 0.6 is 11.6 Å². The summed E-state index contributed by atoms with van der Waals surface area (Å²) in [5.74, 6) is -0.874. The van der Waals surface area contributed by atoms with Crippen molar-refractivity contribution in [1.82, 2.24) is 20.2 Å². The van der Waals surface area contributed by atoms with E-state index in [1.165, 1.54) is 24.3 Å². The van der Waals surface area contributed by atoms with Crippen LogP contribution in [0.4, 0.5) is 19.0 Å². The summed E-state index contributed by atoms with van der Waals surface area (Å²) in [6.07, 6.45) is 3.82. The summed E-state index contributed by atoms with van der Waals surface area (Å²) in [4.78, 5) is 13.7. The molecule has 4 fully saturated rings. The number of aromatic nitrogens is 2. The zero-order valence-corrected chi connectivity index (χ0v) is 24.9. The number of aromatic hydroxyl groups is 1. The van der Waals surface area contributed by atoms with Gasteiger partial charge < -0.3 is 20.1 Å². The van der Waals surface area contributed by atoms with Crippen molar-refractivity contribution < 1.29 is 23.0 Å². The Morgan fingerprint density at radius 3 is 2.57 bits per heavy atom. The highest BCUT2D eigenvalue weighted by molar-refractivity contribution is 6.35. The van der Waals surface area contributed by atoms with Gasteiger partial charge in [-0.05, 0) is 61.8 Å². The predicted molar refractivity (Wildman–Crippen MR) is 164 cm³/mol. The van der Waals surface area contributed by atoms with E-state index in [9.17, 15) is 9.50 Å². The molecule has 8 rings (SSSR count). The second-order valence-electron chi connectivity index (χ2n) is 13.1. The van der Waals surface area contributed by atoms with Crippen LogP contribution in [0.1, 0.15) is 32.1 Å². The average Bonchev–Trinajstić information content (AvgIpc) is 3.51. The van der Waals surface area contributed by atoms with Gasteiger partial charge in [0.1, 0.15) is 29.1 Å². The predicted octanol–water partition coefficient (Wildman–Crippen LogP) is 6.23. The third kappa shape index (κ3) is 5.01. The summed E-state index contributed by atoms with van der Waals surface area (Å²) in [5, 5.41) is 15.2. The zero-order chi connectivity index (χ0) is 30.2. The minimum atomic E-state index is -0.784. The monoisotopic (exact) mass is 623 g/mol. The van der Waals surface area contributed by atoms with Gasteiger partial charge in [0, 0.05) is 72.1 Å². The largest absolute Gasteiger partial charge is 0.508 e. The van der Waals surface area contributed by atoms with Gasteiger partial charge in [0.05, 0.1) is 11.6 Å². The lowest BCUT2D eigenvalue weighted by molar-refractivity contribution is 0.165. The number of alkyl halides is 1. The lowest BCUT2D eigenvalue weighted by Gasteiger charge is -2.34. The molecule has 4 aliphatic rings. The number of nitrogens with zero attached hydrogens (tertiary/aromatic N) is 4. The van der Waals surface area contributed by atoms with Gasteiger partial charge >= 0.3 is 6.01 Å². The number of rotatable bonds is 7. The number of benzene rings is 3. The van der Waals surface area contributed by atoms with Gasteiger partial charge in [0.15, 0.2) is 5.82 Å². The number of halogens is 4. The van der Waals surface area contributed by atoms with Crippen LogP contribution in [0.2, 0.25) is 5.02 Å². The molecule has 7 nitrogen and oxygen atoms in total. The molecule has 2 unspecified atom stereocenters. The normalized spacial score (nSPS) is 24.5. The van der Waals surface area contributed by atoms with E-state index in [0.29, 0.717) is 61.3 Å². The van der Waals surface area contributed by atoms with Gasteiger partial charge in [-0.1, -0.05) is 23.7 Å². The first-order chi connectivity index (χ1) is 21.2. The number of piperazine rings is 1. The summed E-state index contributed by atoms with van der Waals surface area (Å²) >= 11 is 6.80. The Balaban J connectivity index is 1.23. The first-order valence-electron chi connectivity index (χ1n) is 15.4. The van der Waals surface area contributed by atoms with Crippen LogP contribution in [0.15, 0.2) is 36.4 Å². The number of fused-ring (bicyclic) bond motifs is 4. The van der Waals surface area contributed by atoms with Gasteiger partial charge in [-0.25, -0.2) is 13.2 Å². The van der Waals surface area contributed by atoms with Crippen molar-refractivity contribution in [2.45, 2.75) is 50.4 Å². The molecule has 3 atom stereocenters. The van der Waals surface area contributed by atoms with Crippen LogP contribution in [-0.4, -0.2) is 77.6 Å². The van der Waals surface area contributed by atoms with E-state index in [1.807, 2.05) is 0 Å². The maximum absolute atomic E-state index is 16.8. The third-order valence-electron chi connectivity index (χ3n) is 9.78. The second-order valence-corrected chi connectivity index (χ2v) is 13.5. The Hall–Kier alpha value is -3.34. The quantitative estimate of drug-likeness (QED) is 0.253. The fourth-order valence-corrected chi connectivity index (χ4v) is 7.69. The highest BCUT2D eigenvalue weighted by atomic mass is 35.5. The van der Waals surface area contributed by atoms with Crippen molar-refractivity contribution in [3.05, 3.63) is 53.1 Å². The molecule has 3 aliphatic heterocycles. The Labute approximate surface area is 258 Å². The van der Waals surface area contributed by atoms with E-state index >= 15 is 8.78 Å². The van der Waals surface area contributed by atoms with Gasteiger partial charge in [-0.2, -0.15) is 9.97 Å². The van der Waals surface area contributed by atoms with E-state index in [4.69, 9.17) is 21.3 Å². The summed E-state index contributed by atoms with van der Waals surface area (Å²) in [6, 6.07) is 9.56. The Bertz CT molecular complexity index is 1770. The number of phenols is 1. The minimum Gasteiger partial charge on any atom is -0.508 e. The maximum Gasteiger partial charge on any atom is 0.319 e. The number of anilines is 1. The second kappa shape index (κ2) is 10.6. The Kier molecular flexibility index (Phi) is 6.80. The highest BCUT2D eigenvalue weighted by Gasteiger charge is 2.46. The van der Waals surface area contributed by atoms with Crippen molar-refractivity contribution in [1.29, 1.82) is 0 Å². The van der Waals surface area contributed by atoms with Crippen LogP contribution in [0.5, 0.6) is 11.8 Å². The number of hydrogen-bond acceptors (Lipinski definition) is 7. The van der Waals surface area contributed by atoms with Crippen LogP contribution < -0.4 is 15.0 Å². The molecule has 0 spiro atoms. The number of likely N-dealkylation sites (tertiary alicyclic amines) is 1. The van der Waals surface area contributed by atoms with Crippen molar-refractivity contribution in [3.63, 3.8) is 0 Å². The lowest BCUT2D eigenvalue weighted by atomic mass is 9.95. The van der Waals surface area contributed by atoms with Gasteiger partial charge in [0.2, 0.25) is 0 Å². The van der Waals surface area contributed by atoms with Crippen molar-refractivity contribution in [3.8, 4) is 22.9 Å². The fraction of sp³-hybridized carbons (Fsp3) is 0.455. The number of nitrogens with one attached hydrogen (secondary N) is 1. The van der Waals surface area contributed by atoms with E-state index < -0.39 is 17.8 Å². The smallest absolute Gasteiger partial charge is 0.319 e. The molecule has 11 heteroatoms. The SMILES string of the molecule is Oc1cc(-c2c(Cl)cc3c(N4CC5CCC(C4)N5)nc(OCC4(CN5CC[C@@H](F)C5)CC4)nc3c2F)c2c(F)cccc2c1. The Morgan fingerprint density at radius 2 is 1.84 bits per heavy atom. The molecule has 4 aromatic rings. The minimum absolute atomic E-state index is 0.0211. The van der Waals surface area contributed by atoms with Gasteiger partial charge in [-0.3, -0.25) is 4.90 Å². The molecular weight excluding hydrogens is 591 g/mol. The number of hydrogen-bond donors (Lipinski definition) is 2. The van der Waals surface area contributed by atoms with E-state index in [-0.39, 0.29) is 44.2 Å². The van der Waals surface area contributed by atoms with E-state index in [0.717, 1.165) is 38.8 Å². The maximum atomic E-state index is 16.8. The van der Waals surface area contributed by atoms with Crippen molar-refractivity contribution >= 4 is 39.1 Å². The molecule has 3 aromatic carbocycles. The van der Waals surface area contributed by atoms with Crippen LogP contribution in [0.25, 0.3) is 32.8 Å². The molecule has 1 saturated carbocycles. The van der Waals surface area contributed by atoms with Crippen LogP contribution in [0, 0.1) is 17.0 Å². The molecule has 2 bridgehead atoms. The molecule has 0 amide bonds. The number of ether oxygens (including phenoxy) is 1. The fourth-order valence-electron chi connectivity index (χ4n) is 7.39. The first kappa shape index (κ1) is 28.2. The molecule has 0 radical (unpaired) electrons. The van der Waals surface area contributed by atoms with E-state index in [2.05, 4.69) is 20.1 Å². The molecule has 230 valence electrons. The lowest BCUT2D eigenvalue weighted by Crippen LogP contribution is -2.51. The molecule has 3 saturated heterocycles. The van der Waals surface area contributed by atoms with Crippen molar-refractivity contribution in [2.24, 2.45) is 5.41 Å². The van der Waals surface area contributed by atoms with Gasteiger partial charge in [0.25, 0.3) is 0 Å². The van der Waals surface area contributed by atoms with Gasteiger partial charge in [-0.15, -0.1) is 0 Å². The molecule has 1 aliphatic carbocycles.